The van der Waals surface area contributed by atoms with E-state index in [-0.39, 0.29) is 36.5 Å². The molecule has 2 atom stereocenters. The number of rotatable bonds is 6. The van der Waals surface area contributed by atoms with E-state index < -0.39 is 0 Å². The first-order chi connectivity index (χ1) is 10.8. The van der Waals surface area contributed by atoms with Crippen molar-refractivity contribution in [3.8, 4) is 0 Å². The van der Waals surface area contributed by atoms with Gasteiger partial charge in [-0.3, -0.25) is 14.2 Å². The number of carbonyl (C=O) groups is 1. The first-order valence-corrected chi connectivity index (χ1v) is 8.52. The largest absolute Gasteiger partial charge is 0.396 e. The summed E-state index contributed by atoms with van der Waals surface area (Å²) < 4.78 is 1.49. The lowest BCUT2D eigenvalue weighted by Gasteiger charge is -2.19. The number of hydrogen-bond acceptors (Lipinski definition) is 5. The first-order valence-electron chi connectivity index (χ1n) is 7.70. The third kappa shape index (κ3) is 3.79. The molecule has 0 aliphatic heterocycles. The number of aliphatic hydroxyl groups is 1. The van der Waals surface area contributed by atoms with Gasteiger partial charge in [-0.25, -0.2) is 4.98 Å². The molecule has 0 bridgehead atoms. The highest BCUT2D eigenvalue weighted by Crippen LogP contribution is 2.25. The Labute approximate surface area is 139 Å². The summed E-state index contributed by atoms with van der Waals surface area (Å²) in [4.78, 5) is 30.6. The lowest BCUT2D eigenvalue weighted by atomic mass is 10.1. The van der Waals surface area contributed by atoms with E-state index in [9.17, 15) is 9.59 Å². The Morgan fingerprint density at radius 3 is 2.78 bits per heavy atom. The second-order valence-corrected chi connectivity index (χ2v) is 7.18. The molecule has 2 aromatic rings. The Kier molecular flexibility index (Phi) is 5.54. The average molecular weight is 337 g/mol. The van der Waals surface area contributed by atoms with Crippen LogP contribution >= 0.6 is 11.3 Å². The summed E-state index contributed by atoms with van der Waals surface area (Å²) >= 11 is 1.51. The van der Waals surface area contributed by atoms with Crippen LogP contribution in [0.4, 0.5) is 0 Å². The van der Waals surface area contributed by atoms with Gasteiger partial charge in [-0.1, -0.05) is 6.92 Å². The van der Waals surface area contributed by atoms with Crippen molar-refractivity contribution in [2.75, 3.05) is 6.61 Å². The molecular weight excluding hydrogens is 314 g/mol. The fourth-order valence-electron chi connectivity index (χ4n) is 2.28. The first kappa shape index (κ1) is 17.6. The number of hydrogen-bond donors (Lipinski definition) is 2. The van der Waals surface area contributed by atoms with Gasteiger partial charge in [0.25, 0.3) is 5.56 Å². The fourth-order valence-corrected chi connectivity index (χ4v) is 3.27. The van der Waals surface area contributed by atoms with Crippen LogP contribution in [0.25, 0.3) is 10.2 Å². The van der Waals surface area contributed by atoms with Crippen LogP contribution in [0.3, 0.4) is 0 Å². The lowest BCUT2D eigenvalue weighted by Crippen LogP contribution is -2.39. The third-order valence-electron chi connectivity index (χ3n) is 4.27. The standard InChI is InChI=1S/C16H23N3O3S/c1-9(7-20)11(3)18-13(21)5-6-19-8-17-15-14(16(19)22)10(2)12(4)23-15/h8-9,11,20H,5-7H2,1-4H3,(H,18,21). The molecule has 23 heavy (non-hydrogen) atoms. The summed E-state index contributed by atoms with van der Waals surface area (Å²) in [7, 11) is 0. The van der Waals surface area contributed by atoms with Crippen molar-refractivity contribution < 1.29 is 9.90 Å². The lowest BCUT2D eigenvalue weighted by molar-refractivity contribution is -0.122. The molecule has 2 rings (SSSR count). The molecule has 0 fully saturated rings. The third-order valence-corrected chi connectivity index (χ3v) is 5.38. The summed E-state index contributed by atoms with van der Waals surface area (Å²) in [6, 6.07) is -0.105. The average Bonchev–Trinajstić information content (AvgIpc) is 2.81. The molecule has 126 valence electrons. The summed E-state index contributed by atoms with van der Waals surface area (Å²) in [5.41, 5.74) is 0.869. The number of amides is 1. The van der Waals surface area contributed by atoms with Crippen LogP contribution < -0.4 is 10.9 Å². The second-order valence-electron chi connectivity index (χ2n) is 5.97. The minimum Gasteiger partial charge on any atom is -0.396 e. The van der Waals surface area contributed by atoms with Gasteiger partial charge in [0, 0.05) is 30.5 Å². The van der Waals surface area contributed by atoms with Gasteiger partial charge >= 0.3 is 0 Å². The molecule has 0 aliphatic carbocycles. The van der Waals surface area contributed by atoms with Crippen molar-refractivity contribution in [1.29, 1.82) is 0 Å². The number of fused-ring (bicyclic) bond motifs is 1. The Bertz CT molecular complexity index is 766. The van der Waals surface area contributed by atoms with Crippen LogP contribution in [-0.4, -0.2) is 33.2 Å². The Balaban J connectivity index is 2.08. The molecule has 0 spiro atoms. The number of aromatic nitrogens is 2. The number of nitrogens with one attached hydrogen (secondary N) is 1. The van der Waals surface area contributed by atoms with E-state index in [1.165, 1.54) is 22.2 Å². The maximum absolute atomic E-state index is 12.5. The smallest absolute Gasteiger partial charge is 0.262 e. The van der Waals surface area contributed by atoms with Gasteiger partial charge in [0.15, 0.2) is 0 Å². The number of thiophene rings is 1. The van der Waals surface area contributed by atoms with Crippen LogP contribution in [0, 0.1) is 19.8 Å². The minimum atomic E-state index is -0.136. The van der Waals surface area contributed by atoms with Crippen LogP contribution in [0.5, 0.6) is 0 Å². The summed E-state index contributed by atoms with van der Waals surface area (Å²) in [6.45, 7) is 7.94. The van der Waals surface area contributed by atoms with E-state index in [2.05, 4.69) is 10.3 Å². The quantitative estimate of drug-likeness (QED) is 0.838. The minimum absolute atomic E-state index is 0.00359. The highest BCUT2D eigenvalue weighted by molar-refractivity contribution is 7.18. The fraction of sp³-hybridized carbons (Fsp3) is 0.562. The van der Waals surface area contributed by atoms with Crippen molar-refractivity contribution in [1.82, 2.24) is 14.9 Å². The molecule has 2 heterocycles. The topological polar surface area (TPSA) is 84.2 Å². The molecule has 2 aromatic heterocycles. The van der Waals surface area contributed by atoms with Gasteiger partial charge in [0.1, 0.15) is 4.83 Å². The Morgan fingerprint density at radius 1 is 1.43 bits per heavy atom. The second kappa shape index (κ2) is 7.23. The zero-order valence-corrected chi connectivity index (χ0v) is 14.7. The van der Waals surface area contributed by atoms with Crippen LogP contribution in [-0.2, 0) is 11.3 Å². The Morgan fingerprint density at radius 2 is 2.13 bits per heavy atom. The van der Waals surface area contributed by atoms with E-state index in [1.807, 2.05) is 27.7 Å². The van der Waals surface area contributed by atoms with Crippen molar-refractivity contribution >= 4 is 27.5 Å². The molecule has 7 heteroatoms. The molecule has 0 radical (unpaired) electrons. The zero-order valence-electron chi connectivity index (χ0n) is 13.9. The van der Waals surface area contributed by atoms with E-state index in [4.69, 9.17) is 5.11 Å². The molecule has 0 aromatic carbocycles. The number of aryl methyl sites for hydroxylation is 3. The maximum Gasteiger partial charge on any atom is 0.262 e. The van der Waals surface area contributed by atoms with Crippen LogP contribution in [0.2, 0.25) is 0 Å². The van der Waals surface area contributed by atoms with Crippen molar-refractivity contribution in [3.05, 3.63) is 27.1 Å². The van der Waals surface area contributed by atoms with Crippen molar-refractivity contribution in [2.24, 2.45) is 5.92 Å². The molecule has 0 saturated heterocycles. The highest BCUT2D eigenvalue weighted by atomic mass is 32.1. The molecule has 0 aliphatic rings. The summed E-state index contributed by atoms with van der Waals surface area (Å²) in [5, 5.41) is 12.6. The van der Waals surface area contributed by atoms with Gasteiger partial charge in [-0.05, 0) is 32.3 Å². The van der Waals surface area contributed by atoms with E-state index >= 15 is 0 Å². The number of aliphatic hydroxyl groups excluding tert-OH is 1. The van der Waals surface area contributed by atoms with Gasteiger partial charge in [0.2, 0.25) is 5.91 Å². The molecule has 0 saturated carbocycles. The van der Waals surface area contributed by atoms with Gasteiger partial charge in [-0.2, -0.15) is 0 Å². The highest BCUT2D eigenvalue weighted by Gasteiger charge is 2.15. The SMILES string of the molecule is Cc1sc2ncn(CCC(=O)NC(C)C(C)CO)c(=O)c2c1C. The molecule has 1 amide bonds. The zero-order chi connectivity index (χ0) is 17.1. The van der Waals surface area contributed by atoms with E-state index in [0.29, 0.717) is 11.9 Å². The maximum atomic E-state index is 12.5. The predicted molar refractivity (Wildman–Crippen MR) is 91.8 cm³/mol. The summed E-state index contributed by atoms with van der Waals surface area (Å²) in [5.74, 6) is -0.140. The van der Waals surface area contributed by atoms with Crippen LogP contribution in [0.15, 0.2) is 11.1 Å². The van der Waals surface area contributed by atoms with Crippen LogP contribution in [0.1, 0.15) is 30.7 Å². The normalized spacial score (nSPS) is 14.0. The van der Waals surface area contributed by atoms with Gasteiger partial charge < -0.3 is 10.4 Å². The van der Waals surface area contributed by atoms with Crippen molar-refractivity contribution in [2.45, 2.75) is 46.7 Å². The monoisotopic (exact) mass is 337 g/mol. The van der Waals surface area contributed by atoms with Crippen molar-refractivity contribution in [3.63, 3.8) is 0 Å². The molecular formula is C16H23N3O3S. The number of carbonyl (C=O) groups excluding carboxylic acids is 1. The summed E-state index contributed by atoms with van der Waals surface area (Å²) in [6.07, 6.45) is 1.71. The van der Waals surface area contributed by atoms with E-state index in [0.717, 1.165) is 15.3 Å². The number of nitrogens with zero attached hydrogens (tertiary/aromatic N) is 2. The molecule has 2 unspecified atom stereocenters. The molecule has 6 nitrogen and oxygen atoms in total. The van der Waals surface area contributed by atoms with E-state index in [1.54, 1.807) is 0 Å². The predicted octanol–water partition coefficient (Wildman–Crippen LogP) is 1.60. The molecule has 2 N–H and O–H groups in total. The van der Waals surface area contributed by atoms with Gasteiger partial charge in [0.05, 0.1) is 11.7 Å². The Hall–Kier alpha value is -1.73. The van der Waals surface area contributed by atoms with Gasteiger partial charge in [-0.15, -0.1) is 11.3 Å².